The monoisotopic (exact) mass is 266 g/mol. The van der Waals surface area contributed by atoms with Crippen molar-refractivity contribution in [2.24, 2.45) is 0 Å². The Labute approximate surface area is 108 Å². The van der Waals surface area contributed by atoms with E-state index in [1.807, 2.05) is 6.92 Å². The summed E-state index contributed by atoms with van der Waals surface area (Å²) < 4.78 is 26.6. The molecule has 0 radical (unpaired) electrons. The summed E-state index contributed by atoms with van der Waals surface area (Å²) >= 11 is 5.93. The summed E-state index contributed by atoms with van der Waals surface area (Å²) in [4.78, 5) is 12.1. The van der Waals surface area contributed by atoms with Gasteiger partial charge < -0.3 is 0 Å². The number of ketones is 1. The number of benzene rings is 2. The minimum Gasteiger partial charge on any atom is -0.288 e. The summed E-state index contributed by atoms with van der Waals surface area (Å²) in [7, 11) is 0. The highest BCUT2D eigenvalue weighted by atomic mass is 35.5. The van der Waals surface area contributed by atoms with Crippen LogP contribution >= 0.6 is 11.6 Å². The van der Waals surface area contributed by atoms with Gasteiger partial charge >= 0.3 is 0 Å². The summed E-state index contributed by atoms with van der Waals surface area (Å²) in [5.41, 5.74) is 0.726. The topological polar surface area (TPSA) is 17.1 Å². The van der Waals surface area contributed by atoms with Crippen molar-refractivity contribution in [1.82, 2.24) is 0 Å². The lowest BCUT2D eigenvalue weighted by atomic mass is 10.0. The lowest BCUT2D eigenvalue weighted by Gasteiger charge is -2.06. The Bertz CT molecular complexity index is 623. The molecule has 0 aliphatic heterocycles. The Hall–Kier alpha value is -1.74. The Morgan fingerprint density at radius 3 is 2.50 bits per heavy atom. The summed E-state index contributed by atoms with van der Waals surface area (Å²) in [6, 6.07) is 8.28. The van der Waals surface area contributed by atoms with Gasteiger partial charge in [-0.3, -0.25) is 4.79 Å². The van der Waals surface area contributed by atoms with Gasteiger partial charge in [0.05, 0.1) is 10.6 Å². The number of carbonyl (C=O) groups is 1. The molecule has 0 aliphatic rings. The van der Waals surface area contributed by atoms with Crippen molar-refractivity contribution >= 4 is 17.4 Å². The van der Waals surface area contributed by atoms with Gasteiger partial charge in [-0.05, 0) is 36.8 Å². The fraction of sp³-hybridized carbons (Fsp3) is 0.0714. The van der Waals surface area contributed by atoms with Gasteiger partial charge in [0.25, 0.3) is 0 Å². The highest BCUT2D eigenvalue weighted by molar-refractivity contribution is 6.35. The molecule has 18 heavy (non-hydrogen) atoms. The molecule has 0 aromatic heterocycles. The van der Waals surface area contributed by atoms with Crippen molar-refractivity contribution in [3.63, 3.8) is 0 Å². The van der Waals surface area contributed by atoms with Crippen LogP contribution in [0.3, 0.4) is 0 Å². The maximum Gasteiger partial charge on any atom is 0.197 e. The predicted octanol–water partition coefficient (Wildman–Crippen LogP) is 4.16. The van der Waals surface area contributed by atoms with E-state index in [2.05, 4.69) is 0 Å². The smallest absolute Gasteiger partial charge is 0.197 e. The maximum atomic E-state index is 13.5. The first-order valence-corrected chi connectivity index (χ1v) is 5.63. The summed E-state index contributed by atoms with van der Waals surface area (Å²) in [5.74, 6) is -2.83. The molecule has 0 atom stereocenters. The zero-order valence-electron chi connectivity index (χ0n) is 9.51. The van der Waals surface area contributed by atoms with E-state index in [-0.39, 0.29) is 16.1 Å². The molecule has 4 heteroatoms. The third-order valence-corrected chi connectivity index (χ3v) is 2.88. The molecule has 2 aromatic rings. The zero-order valence-corrected chi connectivity index (χ0v) is 10.3. The number of carbonyl (C=O) groups excluding carboxylic acids is 1. The van der Waals surface area contributed by atoms with E-state index in [1.54, 1.807) is 12.1 Å². The summed E-state index contributed by atoms with van der Waals surface area (Å²) in [5, 5.41) is 0.226. The normalized spacial score (nSPS) is 10.4. The lowest BCUT2D eigenvalue weighted by Crippen LogP contribution is -2.06. The molecule has 0 fully saturated rings. The van der Waals surface area contributed by atoms with Gasteiger partial charge in [0.2, 0.25) is 0 Å². The van der Waals surface area contributed by atoms with Crippen LogP contribution in [0.4, 0.5) is 8.78 Å². The molecule has 0 heterocycles. The SMILES string of the molecule is Cc1ccc(C(=O)c2cccc(F)c2F)c(Cl)c1. The molecule has 0 saturated carbocycles. The highest BCUT2D eigenvalue weighted by Crippen LogP contribution is 2.22. The Morgan fingerprint density at radius 2 is 1.83 bits per heavy atom. The fourth-order valence-electron chi connectivity index (χ4n) is 1.63. The molecule has 0 aliphatic carbocycles. The maximum absolute atomic E-state index is 13.5. The van der Waals surface area contributed by atoms with Crippen molar-refractivity contribution < 1.29 is 13.6 Å². The van der Waals surface area contributed by atoms with Gasteiger partial charge in [-0.15, -0.1) is 0 Å². The van der Waals surface area contributed by atoms with Crippen molar-refractivity contribution in [3.05, 3.63) is 69.7 Å². The van der Waals surface area contributed by atoms with E-state index in [4.69, 9.17) is 11.6 Å². The standard InChI is InChI=1S/C14H9ClF2O/c1-8-5-6-9(11(15)7-8)14(18)10-3-2-4-12(16)13(10)17/h2-7H,1H3. The second-order valence-corrected chi connectivity index (χ2v) is 4.32. The van der Waals surface area contributed by atoms with Gasteiger partial charge in [-0.2, -0.15) is 0 Å². The molecule has 0 saturated heterocycles. The van der Waals surface area contributed by atoms with Crippen LogP contribution in [0, 0.1) is 18.6 Å². The molecule has 0 amide bonds. The van der Waals surface area contributed by atoms with Gasteiger partial charge in [0.1, 0.15) is 0 Å². The van der Waals surface area contributed by atoms with E-state index in [9.17, 15) is 13.6 Å². The molecule has 0 bridgehead atoms. The first kappa shape index (κ1) is 12.7. The Kier molecular flexibility index (Phi) is 3.43. The van der Waals surface area contributed by atoms with Crippen molar-refractivity contribution in [3.8, 4) is 0 Å². The first-order chi connectivity index (χ1) is 8.50. The van der Waals surface area contributed by atoms with E-state index >= 15 is 0 Å². The fourth-order valence-corrected chi connectivity index (χ4v) is 1.95. The molecule has 2 rings (SSSR count). The molecule has 1 nitrogen and oxygen atoms in total. The Balaban J connectivity index is 2.51. The minimum atomic E-state index is -1.15. The third kappa shape index (κ3) is 2.27. The van der Waals surface area contributed by atoms with E-state index < -0.39 is 17.4 Å². The van der Waals surface area contributed by atoms with Crippen molar-refractivity contribution in [2.45, 2.75) is 6.92 Å². The minimum absolute atomic E-state index is 0.159. The number of hydrogen-bond acceptors (Lipinski definition) is 1. The quantitative estimate of drug-likeness (QED) is 0.746. The van der Waals surface area contributed by atoms with Crippen LogP contribution in [0.1, 0.15) is 21.5 Å². The van der Waals surface area contributed by atoms with Crippen LogP contribution in [0.15, 0.2) is 36.4 Å². The second-order valence-electron chi connectivity index (χ2n) is 3.91. The van der Waals surface area contributed by atoms with E-state index in [0.717, 1.165) is 11.6 Å². The average molecular weight is 267 g/mol. The largest absolute Gasteiger partial charge is 0.288 e. The number of rotatable bonds is 2. The molecule has 92 valence electrons. The highest BCUT2D eigenvalue weighted by Gasteiger charge is 2.18. The zero-order chi connectivity index (χ0) is 13.3. The van der Waals surface area contributed by atoms with Gasteiger partial charge in [-0.1, -0.05) is 23.7 Å². The molecule has 0 unspecified atom stereocenters. The van der Waals surface area contributed by atoms with E-state index in [1.165, 1.54) is 18.2 Å². The lowest BCUT2D eigenvalue weighted by molar-refractivity contribution is 0.103. The predicted molar refractivity (Wildman–Crippen MR) is 66.0 cm³/mol. The molecule has 0 N–H and O–H groups in total. The summed E-state index contributed by atoms with van der Waals surface area (Å²) in [6.45, 7) is 1.82. The van der Waals surface area contributed by atoms with E-state index in [0.29, 0.717) is 0 Å². The van der Waals surface area contributed by atoms with Crippen LogP contribution in [0.5, 0.6) is 0 Å². The van der Waals surface area contributed by atoms with Crippen LogP contribution < -0.4 is 0 Å². The Morgan fingerprint density at radius 1 is 1.11 bits per heavy atom. The molecule has 2 aromatic carbocycles. The van der Waals surface area contributed by atoms with Crippen LogP contribution in [-0.4, -0.2) is 5.78 Å². The number of halogens is 3. The second kappa shape index (κ2) is 4.86. The summed E-state index contributed by atoms with van der Waals surface area (Å²) in [6.07, 6.45) is 0. The van der Waals surface area contributed by atoms with Crippen molar-refractivity contribution in [1.29, 1.82) is 0 Å². The number of hydrogen-bond donors (Lipinski definition) is 0. The van der Waals surface area contributed by atoms with Gasteiger partial charge in [-0.25, -0.2) is 8.78 Å². The average Bonchev–Trinajstić information content (AvgIpc) is 2.32. The molecule has 0 spiro atoms. The van der Waals surface area contributed by atoms with Crippen LogP contribution in [0.2, 0.25) is 5.02 Å². The first-order valence-electron chi connectivity index (χ1n) is 5.25. The van der Waals surface area contributed by atoms with Crippen LogP contribution in [-0.2, 0) is 0 Å². The third-order valence-electron chi connectivity index (χ3n) is 2.57. The molecular weight excluding hydrogens is 258 g/mol. The molecular formula is C14H9ClF2O. The van der Waals surface area contributed by atoms with Crippen LogP contribution in [0.25, 0.3) is 0 Å². The number of aryl methyl sites for hydroxylation is 1. The van der Waals surface area contributed by atoms with Crippen molar-refractivity contribution in [2.75, 3.05) is 0 Å². The van der Waals surface area contributed by atoms with Gasteiger partial charge in [0, 0.05) is 5.56 Å². The van der Waals surface area contributed by atoms with Gasteiger partial charge in [0.15, 0.2) is 17.4 Å².